The van der Waals surface area contributed by atoms with E-state index < -0.39 is 16.5 Å². The van der Waals surface area contributed by atoms with Gasteiger partial charge in [-0.15, -0.1) is 0 Å². The minimum atomic E-state index is -1.61. The highest BCUT2D eigenvalue weighted by atomic mass is 28.4. The minimum absolute atomic E-state index is 0.0565. The van der Waals surface area contributed by atoms with Gasteiger partial charge in [-0.05, 0) is 37.0 Å². The molecule has 0 aromatic carbocycles. The molecule has 0 aromatic rings. The molecule has 4 rings (SSSR count). The highest BCUT2D eigenvalue weighted by molar-refractivity contribution is 6.90. The maximum absolute atomic E-state index is 9.59. The van der Waals surface area contributed by atoms with Gasteiger partial charge in [0.2, 0.25) is 0 Å². The third-order valence-electron chi connectivity index (χ3n) is 7.22. The molecule has 1 saturated heterocycles. The SMILES string of the molecule is CC1(C)[C@@H]2C[C@H]1C1OB([C@@H](CC#N)N([Si](C)(C)C)[Si](C)(C)C)O[C@@]1(C)C2. The van der Waals surface area contributed by atoms with Crippen molar-refractivity contribution in [1.29, 1.82) is 5.26 Å². The summed E-state index contributed by atoms with van der Waals surface area (Å²) in [5.41, 5.74) is 0.191. The van der Waals surface area contributed by atoms with Crippen molar-refractivity contribution in [1.82, 2.24) is 4.23 Å². The molecule has 4 fully saturated rings. The Labute approximate surface area is 162 Å². The predicted molar refractivity (Wildman–Crippen MR) is 113 cm³/mol. The summed E-state index contributed by atoms with van der Waals surface area (Å²) in [7, 11) is -3.49. The maximum atomic E-state index is 9.59. The summed E-state index contributed by atoms with van der Waals surface area (Å²) in [4.78, 5) is 0. The Hall–Kier alpha value is -0.131. The molecule has 0 aromatic heterocycles. The number of nitriles is 1. The van der Waals surface area contributed by atoms with Gasteiger partial charge in [-0.2, -0.15) is 5.26 Å². The van der Waals surface area contributed by atoms with Crippen LogP contribution in [-0.4, -0.2) is 45.5 Å². The first-order chi connectivity index (χ1) is 11.7. The summed E-state index contributed by atoms with van der Waals surface area (Å²) in [6.07, 6.45) is 3.03. The molecule has 0 amide bonds. The Bertz CT molecular complexity index is 596. The van der Waals surface area contributed by atoms with Gasteiger partial charge in [0.25, 0.3) is 0 Å². The number of hydrogen-bond donors (Lipinski definition) is 0. The highest BCUT2D eigenvalue weighted by Crippen LogP contribution is 2.64. The van der Waals surface area contributed by atoms with Crippen molar-refractivity contribution >= 4 is 23.6 Å². The van der Waals surface area contributed by atoms with E-state index in [0.717, 1.165) is 12.3 Å². The zero-order chi connectivity index (χ0) is 19.7. The van der Waals surface area contributed by atoms with E-state index in [1.165, 1.54) is 6.42 Å². The lowest BCUT2D eigenvalue weighted by atomic mass is 9.45. The second-order valence-corrected chi connectivity index (χ2v) is 21.7. The average Bonchev–Trinajstić information content (AvgIpc) is 2.80. The molecule has 4 aliphatic rings. The van der Waals surface area contributed by atoms with E-state index in [9.17, 15) is 5.26 Å². The molecule has 1 heterocycles. The Morgan fingerprint density at radius 3 is 2.19 bits per heavy atom. The lowest BCUT2D eigenvalue weighted by Crippen LogP contribution is -2.67. The molecule has 26 heavy (non-hydrogen) atoms. The van der Waals surface area contributed by atoms with Gasteiger partial charge in [0, 0.05) is 12.4 Å². The van der Waals surface area contributed by atoms with Crippen LogP contribution in [0.5, 0.6) is 0 Å². The summed E-state index contributed by atoms with van der Waals surface area (Å²) in [6.45, 7) is 21.4. The normalized spacial score (nSPS) is 37.1. The van der Waals surface area contributed by atoms with Crippen LogP contribution in [0.2, 0.25) is 39.3 Å². The van der Waals surface area contributed by atoms with E-state index in [0.29, 0.717) is 17.8 Å². The fourth-order valence-corrected chi connectivity index (χ4v) is 16.8. The van der Waals surface area contributed by atoms with Gasteiger partial charge in [-0.1, -0.05) is 53.1 Å². The van der Waals surface area contributed by atoms with E-state index in [-0.39, 0.29) is 24.8 Å². The van der Waals surface area contributed by atoms with Crippen LogP contribution in [0.25, 0.3) is 0 Å². The smallest absolute Gasteiger partial charge is 0.404 e. The van der Waals surface area contributed by atoms with Gasteiger partial charge >= 0.3 is 7.12 Å². The molecular formula is C19H37BN2O2Si2. The van der Waals surface area contributed by atoms with Crippen LogP contribution in [0, 0.1) is 28.6 Å². The molecule has 4 nitrogen and oxygen atoms in total. The standard InChI is InChI=1S/C19H37BN2O2Si2/c1-18(2)14-12-15(18)17-19(3,13-14)24-20(23-17)16(10-11-21)22(25(4,5)6)26(7,8)9/h14-17H,10,12-13H2,1-9H3/t14-,15+,16-,17?,19+/m1/s1. The number of nitrogens with zero attached hydrogens (tertiary/aromatic N) is 2. The maximum Gasteiger partial charge on any atom is 0.475 e. The largest absolute Gasteiger partial charge is 0.475 e. The van der Waals surface area contributed by atoms with Crippen molar-refractivity contribution in [2.75, 3.05) is 0 Å². The molecule has 1 unspecified atom stereocenters. The molecule has 0 N–H and O–H groups in total. The minimum Gasteiger partial charge on any atom is -0.404 e. The topological polar surface area (TPSA) is 45.5 Å². The van der Waals surface area contributed by atoms with Crippen LogP contribution in [0.4, 0.5) is 0 Å². The quantitative estimate of drug-likeness (QED) is 0.646. The second kappa shape index (κ2) is 6.18. The predicted octanol–water partition coefficient (Wildman–Crippen LogP) is 4.51. The van der Waals surface area contributed by atoms with Crippen molar-refractivity contribution in [3.05, 3.63) is 0 Å². The summed E-state index contributed by atoms with van der Waals surface area (Å²) in [5.74, 6) is 1.39. The van der Waals surface area contributed by atoms with E-state index in [4.69, 9.17) is 9.31 Å². The Morgan fingerprint density at radius 2 is 1.73 bits per heavy atom. The van der Waals surface area contributed by atoms with Crippen LogP contribution in [-0.2, 0) is 9.31 Å². The van der Waals surface area contributed by atoms with E-state index in [2.05, 4.69) is 70.4 Å². The van der Waals surface area contributed by atoms with Crippen LogP contribution >= 0.6 is 0 Å². The van der Waals surface area contributed by atoms with Crippen LogP contribution in [0.1, 0.15) is 40.0 Å². The zero-order valence-corrected chi connectivity index (χ0v) is 20.2. The zero-order valence-electron chi connectivity index (χ0n) is 18.2. The fraction of sp³-hybridized carbons (Fsp3) is 0.947. The van der Waals surface area contributed by atoms with Gasteiger partial charge in [0.15, 0.2) is 0 Å². The highest BCUT2D eigenvalue weighted by Gasteiger charge is 2.68. The molecule has 3 saturated carbocycles. The van der Waals surface area contributed by atoms with E-state index >= 15 is 0 Å². The molecule has 0 radical (unpaired) electrons. The lowest BCUT2D eigenvalue weighted by Gasteiger charge is -2.63. The van der Waals surface area contributed by atoms with Gasteiger partial charge in [0.1, 0.15) is 16.5 Å². The molecule has 3 aliphatic carbocycles. The first-order valence-electron chi connectivity index (χ1n) is 10.2. The third-order valence-corrected chi connectivity index (χ3v) is 14.8. The Balaban J connectivity index is 1.90. The average molecular weight is 393 g/mol. The Kier molecular flexibility index (Phi) is 4.90. The summed E-state index contributed by atoms with van der Waals surface area (Å²) in [5, 5.41) is 9.59. The molecule has 2 bridgehead atoms. The summed E-state index contributed by atoms with van der Waals surface area (Å²) >= 11 is 0. The first kappa shape index (κ1) is 20.6. The number of hydrogen-bond acceptors (Lipinski definition) is 4. The molecule has 5 atom stereocenters. The van der Waals surface area contributed by atoms with Gasteiger partial charge in [0.05, 0.1) is 17.8 Å². The Morgan fingerprint density at radius 1 is 1.15 bits per heavy atom. The third kappa shape index (κ3) is 3.16. The van der Waals surface area contributed by atoms with Crippen molar-refractivity contribution in [3.63, 3.8) is 0 Å². The van der Waals surface area contributed by atoms with Crippen LogP contribution in [0.3, 0.4) is 0 Å². The van der Waals surface area contributed by atoms with Gasteiger partial charge in [-0.3, -0.25) is 0 Å². The van der Waals surface area contributed by atoms with Gasteiger partial charge < -0.3 is 13.5 Å². The van der Waals surface area contributed by atoms with Crippen LogP contribution < -0.4 is 0 Å². The molecule has 0 spiro atoms. The molecule has 7 heteroatoms. The monoisotopic (exact) mass is 392 g/mol. The van der Waals surface area contributed by atoms with Crippen molar-refractivity contribution < 1.29 is 9.31 Å². The summed E-state index contributed by atoms with van der Waals surface area (Å²) < 4.78 is 16.0. The van der Waals surface area contributed by atoms with E-state index in [1.807, 2.05) is 0 Å². The van der Waals surface area contributed by atoms with E-state index in [1.54, 1.807) is 0 Å². The summed E-state index contributed by atoms with van der Waals surface area (Å²) in [6, 6.07) is 2.44. The van der Waals surface area contributed by atoms with Crippen LogP contribution in [0.15, 0.2) is 0 Å². The molecular weight excluding hydrogens is 355 g/mol. The van der Waals surface area contributed by atoms with Crippen molar-refractivity contribution in [3.8, 4) is 6.07 Å². The van der Waals surface area contributed by atoms with Crippen molar-refractivity contribution in [2.24, 2.45) is 17.3 Å². The lowest BCUT2D eigenvalue weighted by molar-refractivity contribution is -0.185. The second-order valence-electron chi connectivity index (χ2n) is 11.6. The molecule has 146 valence electrons. The van der Waals surface area contributed by atoms with Crippen molar-refractivity contribution in [2.45, 2.75) is 97.0 Å². The van der Waals surface area contributed by atoms with Gasteiger partial charge in [-0.25, -0.2) is 0 Å². The molecule has 1 aliphatic heterocycles. The first-order valence-corrected chi connectivity index (χ1v) is 17.1. The fourth-order valence-electron chi connectivity index (χ4n) is 6.31. The number of rotatable bonds is 5.